The fraction of sp³-hybridized carbons (Fsp3) is 0.750. The lowest BCUT2D eigenvalue weighted by Crippen LogP contribution is -2.13. The Labute approximate surface area is 101 Å². The summed E-state index contributed by atoms with van der Waals surface area (Å²) in [5.74, 6) is 3.07. The number of nitrogens with two attached hydrogens (primary N) is 1. The second-order valence-corrected chi connectivity index (χ2v) is 5.88. The van der Waals surface area contributed by atoms with E-state index in [9.17, 15) is 0 Å². The minimum absolute atomic E-state index is 0.568. The van der Waals surface area contributed by atoms with Crippen LogP contribution in [0.5, 0.6) is 0 Å². The third-order valence-corrected chi connectivity index (χ3v) is 4.76. The Hall–Kier alpha value is -0.640. The summed E-state index contributed by atoms with van der Waals surface area (Å²) < 4.78 is 2.13. The topological polar surface area (TPSA) is 43.8 Å². The maximum atomic E-state index is 6.22. The van der Waals surface area contributed by atoms with Crippen LogP contribution in [0.1, 0.15) is 55.8 Å². The van der Waals surface area contributed by atoms with Gasteiger partial charge in [0.25, 0.3) is 0 Å². The standard InChI is InChI=1S/C12H19N3S/c13-12-10-7-16-8-11(10)14-15(12)9-5-3-1-2-4-6-9/h9H,1-8,13H2. The van der Waals surface area contributed by atoms with Gasteiger partial charge >= 0.3 is 0 Å². The lowest BCUT2D eigenvalue weighted by Gasteiger charge is -2.16. The number of aromatic nitrogens is 2. The van der Waals surface area contributed by atoms with Crippen LogP contribution in [-0.4, -0.2) is 9.78 Å². The lowest BCUT2D eigenvalue weighted by atomic mass is 10.1. The molecule has 1 saturated carbocycles. The average Bonchev–Trinajstić information content (AvgIpc) is 2.74. The maximum absolute atomic E-state index is 6.22. The number of hydrogen-bond donors (Lipinski definition) is 1. The van der Waals surface area contributed by atoms with Crippen molar-refractivity contribution in [3.63, 3.8) is 0 Å². The average molecular weight is 237 g/mol. The summed E-state index contributed by atoms with van der Waals surface area (Å²) in [5.41, 5.74) is 8.78. The quantitative estimate of drug-likeness (QED) is 0.763. The molecule has 0 aromatic carbocycles. The van der Waals surface area contributed by atoms with Crippen LogP contribution in [0, 0.1) is 0 Å². The SMILES string of the molecule is Nc1c2c(nn1C1CCCCCC1)CSC2. The van der Waals surface area contributed by atoms with Gasteiger partial charge in [-0.2, -0.15) is 16.9 Å². The van der Waals surface area contributed by atoms with Crippen molar-refractivity contribution in [1.82, 2.24) is 9.78 Å². The molecule has 0 bridgehead atoms. The normalized spacial score (nSPS) is 22.0. The smallest absolute Gasteiger partial charge is 0.126 e. The first-order valence-electron chi connectivity index (χ1n) is 6.30. The molecule has 0 unspecified atom stereocenters. The number of hydrogen-bond acceptors (Lipinski definition) is 3. The van der Waals surface area contributed by atoms with E-state index in [0.29, 0.717) is 6.04 Å². The summed E-state index contributed by atoms with van der Waals surface area (Å²) in [6.07, 6.45) is 7.96. The molecule has 3 nitrogen and oxygen atoms in total. The van der Waals surface area contributed by atoms with Gasteiger partial charge in [0.15, 0.2) is 0 Å². The molecule has 4 heteroatoms. The van der Waals surface area contributed by atoms with E-state index in [1.807, 2.05) is 11.8 Å². The van der Waals surface area contributed by atoms with E-state index in [1.54, 1.807) is 0 Å². The van der Waals surface area contributed by atoms with Crippen molar-refractivity contribution in [1.29, 1.82) is 0 Å². The van der Waals surface area contributed by atoms with E-state index >= 15 is 0 Å². The van der Waals surface area contributed by atoms with E-state index < -0.39 is 0 Å². The third kappa shape index (κ3) is 1.73. The van der Waals surface area contributed by atoms with E-state index in [2.05, 4.69) is 4.68 Å². The predicted octanol–water partition coefficient (Wildman–Crippen LogP) is 3.11. The molecule has 16 heavy (non-hydrogen) atoms. The number of nitrogen functional groups attached to an aromatic ring is 1. The number of rotatable bonds is 1. The summed E-state index contributed by atoms with van der Waals surface area (Å²) in [4.78, 5) is 0. The fourth-order valence-corrected chi connectivity index (χ4v) is 3.88. The summed E-state index contributed by atoms with van der Waals surface area (Å²) in [5, 5.41) is 4.73. The molecule has 2 aliphatic rings. The van der Waals surface area contributed by atoms with Crippen molar-refractivity contribution in [2.75, 3.05) is 5.73 Å². The third-order valence-electron chi connectivity index (χ3n) is 3.79. The maximum Gasteiger partial charge on any atom is 0.126 e. The summed E-state index contributed by atoms with van der Waals surface area (Å²) in [6, 6.07) is 0.568. The Morgan fingerprint density at radius 3 is 2.56 bits per heavy atom. The van der Waals surface area contributed by atoms with Crippen LogP contribution in [0.4, 0.5) is 5.82 Å². The van der Waals surface area contributed by atoms with E-state index in [1.165, 1.54) is 49.8 Å². The number of fused-ring (bicyclic) bond motifs is 1. The molecular weight excluding hydrogens is 218 g/mol. The highest BCUT2D eigenvalue weighted by Gasteiger charge is 2.24. The molecule has 2 heterocycles. The van der Waals surface area contributed by atoms with Crippen LogP contribution in [0.15, 0.2) is 0 Å². The predicted molar refractivity (Wildman–Crippen MR) is 68.4 cm³/mol. The minimum atomic E-state index is 0.568. The van der Waals surface area contributed by atoms with Gasteiger partial charge in [-0.25, -0.2) is 4.68 Å². The molecular formula is C12H19N3S. The number of thioether (sulfide) groups is 1. The van der Waals surface area contributed by atoms with Crippen molar-refractivity contribution in [2.45, 2.75) is 56.1 Å². The molecule has 1 aliphatic heterocycles. The first-order valence-corrected chi connectivity index (χ1v) is 7.45. The van der Waals surface area contributed by atoms with Crippen LogP contribution in [0.25, 0.3) is 0 Å². The van der Waals surface area contributed by atoms with Gasteiger partial charge in [0.2, 0.25) is 0 Å². The molecule has 0 atom stereocenters. The molecule has 1 aromatic rings. The van der Waals surface area contributed by atoms with Gasteiger partial charge in [0, 0.05) is 17.1 Å². The second-order valence-electron chi connectivity index (χ2n) is 4.89. The van der Waals surface area contributed by atoms with Crippen molar-refractivity contribution in [3.05, 3.63) is 11.3 Å². The Morgan fingerprint density at radius 2 is 1.88 bits per heavy atom. The van der Waals surface area contributed by atoms with Crippen molar-refractivity contribution in [2.24, 2.45) is 0 Å². The van der Waals surface area contributed by atoms with Crippen LogP contribution in [0.3, 0.4) is 0 Å². The first-order chi connectivity index (χ1) is 7.86. The molecule has 0 saturated heterocycles. The van der Waals surface area contributed by atoms with E-state index in [0.717, 1.165) is 17.3 Å². The van der Waals surface area contributed by atoms with Crippen LogP contribution in [-0.2, 0) is 11.5 Å². The molecule has 1 aliphatic carbocycles. The second kappa shape index (κ2) is 4.32. The van der Waals surface area contributed by atoms with Crippen molar-refractivity contribution in [3.8, 4) is 0 Å². The zero-order chi connectivity index (χ0) is 11.0. The zero-order valence-electron chi connectivity index (χ0n) is 9.61. The lowest BCUT2D eigenvalue weighted by molar-refractivity contribution is 0.409. The monoisotopic (exact) mass is 237 g/mol. The number of anilines is 1. The zero-order valence-corrected chi connectivity index (χ0v) is 10.4. The Bertz CT molecular complexity index is 378. The Kier molecular flexibility index (Phi) is 2.84. The Balaban J connectivity index is 1.88. The minimum Gasteiger partial charge on any atom is -0.384 e. The van der Waals surface area contributed by atoms with Crippen molar-refractivity contribution < 1.29 is 0 Å². The van der Waals surface area contributed by atoms with Gasteiger partial charge < -0.3 is 5.73 Å². The largest absolute Gasteiger partial charge is 0.384 e. The van der Waals surface area contributed by atoms with Crippen LogP contribution >= 0.6 is 11.8 Å². The molecule has 0 spiro atoms. The van der Waals surface area contributed by atoms with E-state index in [-0.39, 0.29) is 0 Å². The van der Waals surface area contributed by atoms with Gasteiger partial charge in [0.1, 0.15) is 5.82 Å². The van der Waals surface area contributed by atoms with E-state index in [4.69, 9.17) is 10.8 Å². The van der Waals surface area contributed by atoms with Crippen LogP contribution < -0.4 is 5.73 Å². The summed E-state index contributed by atoms with van der Waals surface area (Å²) in [6.45, 7) is 0. The highest BCUT2D eigenvalue weighted by Crippen LogP contribution is 2.37. The highest BCUT2D eigenvalue weighted by molar-refractivity contribution is 7.98. The van der Waals surface area contributed by atoms with Gasteiger partial charge in [0.05, 0.1) is 11.7 Å². The molecule has 1 fully saturated rings. The van der Waals surface area contributed by atoms with Gasteiger partial charge in [-0.15, -0.1) is 0 Å². The van der Waals surface area contributed by atoms with Crippen LogP contribution in [0.2, 0.25) is 0 Å². The van der Waals surface area contributed by atoms with Gasteiger partial charge in [-0.1, -0.05) is 25.7 Å². The fourth-order valence-electron chi connectivity index (χ4n) is 2.83. The summed E-state index contributed by atoms with van der Waals surface area (Å²) in [7, 11) is 0. The summed E-state index contributed by atoms with van der Waals surface area (Å²) >= 11 is 1.93. The molecule has 0 radical (unpaired) electrons. The molecule has 1 aromatic heterocycles. The van der Waals surface area contributed by atoms with Gasteiger partial charge in [-0.05, 0) is 12.8 Å². The molecule has 88 valence electrons. The first kappa shape index (κ1) is 10.5. The number of nitrogens with zero attached hydrogens (tertiary/aromatic N) is 2. The highest BCUT2D eigenvalue weighted by atomic mass is 32.2. The van der Waals surface area contributed by atoms with Crippen molar-refractivity contribution >= 4 is 17.6 Å². The molecule has 2 N–H and O–H groups in total. The molecule has 3 rings (SSSR count). The van der Waals surface area contributed by atoms with Gasteiger partial charge in [-0.3, -0.25) is 0 Å². The molecule has 0 amide bonds. The Morgan fingerprint density at radius 1 is 1.12 bits per heavy atom.